The maximum absolute atomic E-state index is 13.5. The third-order valence-corrected chi connectivity index (χ3v) is 15.2. The van der Waals surface area contributed by atoms with Crippen LogP contribution in [0.25, 0.3) is 84.4 Å². The molecule has 0 saturated carbocycles. The van der Waals surface area contributed by atoms with Gasteiger partial charge in [0.15, 0.2) is 28.7 Å². The number of fused-ring (bicyclic) bond motifs is 4. The average molecular weight is 993 g/mol. The molecule has 1 aliphatic rings. The number of nitrogens with zero attached hydrogens (tertiary/aromatic N) is 8. The van der Waals surface area contributed by atoms with Crippen molar-refractivity contribution in [2.45, 2.75) is 18.8 Å². The number of hydrogen-bond donors (Lipinski definition) is 0. The van der Waals surface area contributed by atoms with E-state index in [1.165, 1.54) is 16.7 Å². The molecule has 0 atom stereocenters. The third-order valence-electron chi connectivity index (χ3n) is 15.2. The van der Waals surface area contributed by atoms with Crippen LogP contribution in [0.15, 0.2) is 266 Å². The minimum absolute atomic E-state index is 0.0337. The fraction of sp³-hybridized carbons (Fsp3) is 0.0441. The topological polar surface area (TPSA) is 86.7 Å². The molecule has 0 amide bonds. The Hall–Kier alpha value is -10.3. The smallest absolute Gasteiger partial charge is 0.197 e. The highest BCUT2D eigenvalue weighted by atomic mass is 16.1. The van der Waals surface area contributed by atoms with Crippen LogP contribution in [0.5, 0.6) is 0 Å². The first-order valence-electron chi connectivity index (χ1n) is 25.9. The molecule has 0 aliphatic carbocycles. The standard InChI is InChI=1S/C68H48N8O/c1-68(57-27-13-17-31-61(57)74(62-32-18-14-28-58(62)68)54-43-39-50(40-44-54)66-71-69-64(47-19-5-2-6-20-47)75(66)51-21-7-3-8-22-51)45-46-33-35-48(36-34-46)65-70-72-67(76(65)52-23-9-4-10-24-52)49-37-41-53(42-38-49)73-59-29-15-11-25-55(59)63(77)56-26-12-16-30-60(56)73/h2-44H,45H2,1H3. The number of pyridine rings is 1. The van der Waals surface area contributed by atoms with Gasteiger partial charge in [0.2, 0.25) is 0 Å². The summed E-state index contributed by atoms with van der Waals surface area (Å²) in [6, 6.07) is 90.0. The highest BCUT2D eigenvalue weighted by Crippen LogP contribution is 2.53. The minimum Gasteiger partial charge on any atom is -0.310 e. The minimum atomic E-state index is -0.359. The van der Waals surface area contributed by atoms with Crippen LogP contribution in [-0.2, 0) is 11.8 Å². The number of anilines is 3. The fourth-order valence-electron chi connectivity index (χ4n) is 11.5. The number of rotatable bonds is 10. The molecule has 0 bridgehead atoms. The van der Waals surface area contributed by atoms with E-state index in [9.17, 15) is 4.79 Å². The van der Waals surface area contributed by atoms with Crippen molar-refractivity contribution in [3.63, 3.8) is 0 Å². The van der Waals surface area contributed by atoms with Gasteiger partial charge in [-0.3, -0.25) is 13.9 Å². The second kappa shape index (κ2) is 18.6. The van der Waals surface area contributed by atoms with Crippen LogP contribution in [-0.4, -0.2) is 34.1 Å². The molecule has 9 heteroatoms. The summed E-state index contributed by atoms with van der Waals surface area (Å²) in [4.78, 5) is 15.9. The lowest BCUT2D eigenvalue weighted by molar-refractivity contribution is 0.561. The second-order valence-electron chi connectivity index (χ2n) is 19.8. The Morgan fingerprint density at radius 3 is 1.16 bits per heavy atom. The highest BCUT2D eigenvalue weighted by molar-refractivity contribution is 5.95. The molecule has 0 radical (unpaired) electrons. The van der Waals surface area contributed by atoms with Crippen molar-refractivity contribution in [1.29, 1.82) is 0 Å². The molecule has 1 aliphatic heterocycles. The first-order valence-corrected chi connectivity index (χ1v) is 25.9. The number of para-hydroxylation sites is 6. The number of aromatic nitrogens is 7. The zero-order valence-corrected chi connectivity index (χ0v) is 42.0. The van der Waals surface area contributed by atoms with Crippen LogP contribution in [0.1, 0.15) is 23.6 Å². The van der Waals surface area contributed by atoms with Gasteiger partial charge in [0.25, 0.3) is 0 Å². The maximum Gasteiger partial charge on any atom is 0.197 e. The van der Waals surface area contributed by atoms with E-state index < -0.39 is 0 Å². The van der Waals surface area contributed by atoms with E-state index in [1.54, 1.807) is 0 Å². The Morgan fingerprint density at radius 2 is 0.688 bits per heavy atom. The van der Waals surface area contributed by atoms with Crippen LogP contribution in [0.4, 0.5) is 17.1 Å². The number of benzene rings is 10. The molecule has 0 fully saturated rings. The lowest BCUT2D eigenvalue weighted by Crippen LogP contribution is -2.34. The SMILES string of the molecule is CC1(Cc2ccc(-c3nnc(-c4ccc(-n5c6ccccc6c(=O)c6ccccc65)cc4)n3-c3ccccc3)cc2)c2ccccc2N(c2ccc(-c3nnc(-c4ccccc4)n3-c3ccccc3)cc2)c2ccccc21. The van der Waals surface area contributed by atoms with Gasteiger partial charge >= 0.3 is 0 Å². The molecule has 10 aromatic carbocycles. The molecule has 77 heavy (non-hydrogen) atoms. The van der Waals surface area contributed by atoms with Gasteiger partial charge in [-0.1, -0.05) is 159 Å². The van der Waals surface area contributed by atoms with Crippen LogP contribution in [0, 0.1) is 0 Å². The lowest BCUT2D eigenvalue weighted by atomic mass is 9.68. The molecule has 0 spiro atoms. The summed E-state index contributed by atoms with van der Waals surface area (Å²) in [5.41, 5.74) is 15.2. The van der Waals surface area contributed by atoms with E-state index >= 15 is 0 Å². The lowest BCUT2D eigenvalue weighted by Gasteiger charge is -2.44. The molecule has 0 saturated heterocycles. The molecule has 3 aromatic heterocycles. The molecule has 0 N–H and O–H groups in total. The summed E-state index contributed by atoms with van der Waals surface area (Å²) in [6.45, 7) is 2.38. The summed E-state index contributed by atoms with van der Waals surface area (Å²) in [6.07, 6.45) is 0.774. The Kier molecular flexibility index (Phi) is 11.0. The van der Waals surface area contributed by atoms with Crippen LogP contribution in [0.3, 0.4) is 0 Å². The second-order valence-corrected chi connectivity index (χ2v) is 19.8. The van der Waals surface area contributed by atoms with Crippen molar-refractivity contribution in [2.24, 2.45) is 0 Å². The largest absolute Gasteiger partial charge is 0.310 e. The van der Waals surface area contributed by atoms with Gasteiger partial charge in [-0.25, -0.2) is 0 Å². The summed E-state index contributed by atoms with van der Waals surface area (Å²) in [5, 5.41) is 20.6. The van der Waals surface area contributed by atoms with Gasteiger partial charge in [0, 0.05) is 61.2 Å². The Labute approximate surface area is 444 Å². The predicted octanol–water partition coefficient (Wildman–Crippen LogP) is 15.3. The van der Waals surface area contributed by atoms with E-state index in [2.05, 4.69) is 183 Å². The Bertz CT molecular complexity index is 4270. The van der Waals surface area contributed by atoms with Gasteiger partial charge in [0.1, 0.15) is 0 Å². The summed E-state index contributed by atoms with van der Waals surface area (Å²) in [5.74, 6) is 3.04. The van der Waals surface area contributed by atoms with Crippen molar-refractivity contribution in [3.05, 3.63) is 288 Å². The molecule has 13 aromatic rings. The quantitative estimate of drug-likeness (QED) is 0.127. The Balaban J connectivity index is 0.785. The maximum atomic E-state index is 13.5. The van der Waals surface area contributed by atoms with E-state index in [0.29, 0.717) is 10.8 Å². The van der Waals surface area contributed by atoms with Crippen LogP contribution in [0.2, 0.25) is 0 Å². The first-order chi connectivity index (χ1) is 38.0. The van der Waals surface area contributed by atoms with Gasteiger partial charge in [-0.05, 0) is 132 Å². The predicted molar refractivity (Wildman–Crippen MR) is 310 cm³/mol. The van der Waals surface area contributed by atoms with Gasteiger partial charge in [-0.2, -0.15) is 0 Å². The average Bonchev–Trinajstić information content (AvgIpc) is 4.25. The molecule has 4 heterocycles. The van der Waals surface area contributed by atoms with Gasteiger partial charge < -0.3 is 9.47 Å². The summed E-state index contributed by atoms with van der Waals surface area (Å²) >= 11 is 0. The van der Waals surface area contributed by atoms with Crippen molar-refractivity contribution in [1.82, 2.24) is 34.1 Å². The first kappa shape index (κ1) is 45.4. The van der Waals surface area contributed by atoms with Gasteiger partial charge in [0.05, 0.1) is 22.4 Å². The monoisotopic (exact) mass is 992 g/mol. The molecule has 9 nitrogen and oxygen atoms in total. The zero-order chi connectivity index (χ0) is 51.5. The van der Waals surface area contributed by atoms with E-state index in [1.807, 2.05) is 103 Å². The summed E-state index contributed by atoms with van der Waals surface area (Å²) in [7, 11) is 0. The molecular formula is C68H48N8O. The molecule has 14 rings (SSSR count). The molecule has 366 valence electrons. The van der Waals surface area contributed by atoms with Crippen LogP contribution < -0.4 is 10.3 Å². The van der Waals surface area contributed by atoms with Crippen LogP contribution >= 0.6 is 0 Å². The van der Waals surface area contributed by atoms with Gasteiger partial charge in [-0.15, -0.1) is 20.4 Å². The molecule has 0 unspecified atom stereocenters. The number of hydrogen-bond acceptors (Lipinski definition) is 6. The zero-order valence-electron chi connectivity index (χ0n) is 42.0. The fourth-order valence-corrected chi connectivity index (χ4v) is 11.5. The third kappa shape index (κ3) is 7.66. The normalized spacial score (nSPS) is 12.7. The van der Waals surface area contributed by atoms with Crippen molar-refractivity contribution < 1.29 is 0 Å². The summed E-state index contributed by atoms with van der Waals surface area (Å²) < 4.78 is 6.44. The van der Waals surface area contributed by atoms with Crippen molar-refractivity contribution in [2.75, 3.05) is 4.90 Å². The Morgan fingerprint density at radius 1 is 0.338 bits per heavy atom. The molecular weight excluding hydrogens is 945 g/mol. The van der Waals surface area contributed by atoms with Crippen molar-refractivity contribution >= 4 is 38.9 Å². The van der Waals surface area contributed by atoms with E-state index in [4.69, 9.17) is 20.4 Å². The van der Waals surface area contributed by atoms with Crippen molar-refractivity contribution in [3.8, 4) is 62.6 Å². The van der Waals surface area contributed by atoms with E-state index in [0.717, 1.165) is 97.1 Å². The van der Waals surface area contributed by atoms with E-state index in [-0.39, 0.29) is 10.8 Å². The highest BCUT2D eigenvalue weighted by Gasteiger charge is 2.40.